The van der Waals surface area contributed by atoms with Crippen LogP contribution in [0.25, 0.3) is 0 Å². The van der Waals surface area contributed by atoms with Crippen molar-refractivity contribution in [3.05, 3.63) is 11.3 Å². The topological polar surface area (TPSA) is 52.3 Å². The van der Waals surface area contributed by atoms with Crippen LogP contribution in [0.15, 0.2) is 9.62 Å². The predicted octanol–water partition coefficient (Wildman–Crippen LogP) is 1.88. The van der Waals surface area contributed by atoms with E-state index in [4.69, 9.17) is 9.26 Å². The molecule has 0 amide bonds. The molecular formula is C8H11NO3S. The minimum absolute atomic E-state index is 0.358. The molecule has 0 aliphatic heterocycles. The molecular weight excluding hydrogens is 190 g/mol. The lowest BCUT2D eigenvalue weighted by Crippen LogP contribution is -2.06. The minimum atomic E-state index is -0.370. The number of hydrogen-bond donors (Lipinski definition) is 0. The molecule has 0 spiro atoms. The third-order valence-electron chi connectivity index (χ3n) is 1.50. The lowest BCUT2D eigenvalue weighted by atomic mass is 10.3. The first kappa shape index (κ1) is 10.1. The molecule has 0 radical (unpaired) electrons. The maximum absolute atomic E-state index is 11.4. The summed E-state index contributed by atoms with van der Waals surface area (Å²) in [6, 6.07) is 0. The number of hydrogen-bond acceptors (Lipinski definition) is 5. The Hall–Kier alpha value is -0.970. The summed E-state index contributed by atoms with van der Waals surface area (Å²) in [6.45, 7) is 3.84. The van der Waals surface area contributed by atoms with Gasteiger partial charge in [0.05, 0.1) is 12.3 Å². The molecule has 1 aromatic rings. The van der Waals surface area contributed by atoms with Crippen molar-refractivity contribution in [3.8, 4) is 0 Å². The van der Waals surface area contributed by atoms with Gasteiger partial charge in [0.15, 0.2) is 0 Å². The first-order valence-corrected chi connectivity index (χ1v) is 5.10. The summed E-state index contributed by atoms with van der Waals surface area (Å²) in [5, 5.41) is 4.20. The van der Waals surface area contributed by atoms with Crippen LogP contribution in [0, 0.1) is 6.92 Å². The average molecular weight is 201 g/mol. The van der Waals surface area contributed by atoms with Crippen molar-refractivity contribution in [2.75, 3.05) is 12.9 Å². The summed E-state index contributed by atoms with van der Waals surface area (Å²) in [7, 11) is 0. The molecule has 0 aliphatic carbocycles. The highest BCUT2D eigenvalue weighted by molar-refractivity contribution is 7.98. The van der Waals surface area contributed by atoms with E-state index in [9.17, 15) is 4.79 Å². The number of aryl methyl sites for hydroxylation is 1. The molecule has 1 aromatic heterocycles. The van der Waals surface area contributed by atoms with E-state index in [1.807, 2.05) is 6.26 Å². The Morgan fingerprint density at radius 3 is 2.92 bits per heavy atom. The molecule has 13 heavy (non-hydrogen) atoms. The molecule has 0 unspecified atom stereocenters. The van der Waals surface area contributed by atoms with Crippen LogP contribution in [-0.4, -0.2) is 24.0 Å². The first-order valence-electron chi connectivity index (χ1n) is 3.88. The molecule has 1 rings (SSSR count). The van der Waals surface area contributed by atoms with Crippen LogP contribution in [0.3, 0.4) is 0 Å². The highest BCUT2D eigenvalue weighted by atomic mass is 32.2. The lowest BCUT2D eigenvalue weighted by molar-refractivity contribution is 0.0518. The summed E-state index contributed by atoms with van der Waals surface area (Å²) in [6.07, 6.45) is 1.82. The highest BCUT2D eigenvalue weighted by Crippen LogP contribution is 2.23. The lowest BCUT2D eigenvalue weighted by Gasteiger charge is -1.99. The molecule has 0 atom stereocenters. The van der Waals surface area contributed by atoms with Crippen LogP contribution < -0.4 is 0 Å². The molecule has 0 bridgehead atoms. The van der Waals surface area contributed by atoms with Crippen LogP contribution in [0.1, 0.15) is 23.0 Å². The Balaban J connectivity index is 2.96. The van der Waals surface area contributed by atoms with E-state index in [0.29, 0.717) is 23.0 Å². The van der Waals surface area contributed by atoms with Gasteiger partial charge in [0.1, 0.15) is 5.56 Å². The fourth-order valence-corrected chi connectivity index (χ4v) is 1.47. The van der Waals surface area contributed by atoms with Crippen molar-refractivity contribution in [3.63, 3.8) is 0 Å². The zero-order chi connectivity index (χ0) is 9.84. The van der Waals surface area contributed by atoms with E-state index in [1.165, 1.54) is 11.8 Å². The van der Waals surface area contributed by atoms with E-state index in [2.05, 4.69) is 5.16 Å². The highest BCUT2D eigenvalue weighted by Gasteiger charge is 2.20. The van der Waals surface area contributed by atoms with E-state index in [1.54, 1.807) is 13.8 Å². The second-order valence-electron chi connectivity index (χ2n) is 2.36. The van der Waals surface area contributed by atoms with E-state index >= 15 is 0 Å². The van der Waals surface area contributed by atoms with Gasteiger partial charge in [-0.05, 0) is 20.1 Å². The van der Waals surface area contributed by atoms with Crippen molar-refractivity contribution in [2.45, 2.75) is 18.9 Å². The van der Waals surface area contributed by atoms with Gasteiger partial charge in [0.25, 0.3) is 0 Å². The van der Waals surface area contributed by atoms with Gasteiger partial charge in [0.2, 0.25) is 5.09 Å². The van der Waals surface area contributed by atoms with Crippen LogP contribution in [0.2, 0.25) is 0 Å². The summed E-state index contributed by atoms with van der Waals surface area (Å²) in [5.41, 5.74) is 1.01. The van der Waals surface area contributed by atoms with E-state index in [-0.39, 0.29) is 5.97 Å². The van der Waals surface area contributed by atoms with Gasteiger partial charge < -0.3 is 9.26 Å². The number of carbonyl (C=O) groups excluding carboxylic acids is 1. The SMILES string of the molecule is CCOC(=O)c1c(C)noc1SC. The van der Waals surface area contributed by atoms with E-state index in [0.717, 1.165) is 0 Å². The Morgan fingerprint density at radius 2 is 2.38 bits per heavy atom. The maximum Gasteiger partial charge on any atom is 0.344 e. The number of ether oxygens (including phenoxy) is 1. The van der Waals surface area contributed by atoms with Crippen molar-refractivity contribution < 1.29 is 14.1 Å². The summed E-state index contributed by atoms with van der Waals surface area (Å²) < 4.78 is 9.78. The Morgan fingerprint density at radius 1 is 1.69 bits per heavy atom. The third kappa shape index (κ3) is 2.03. The zero-order valence-electron chi connectivity index (χ0n) is 7.79. The standard InChI is InChI=1S/C8H11NO3S/c1-4-11-7(10)6-5(2)9-12-8(6)13-3/h4H2,1-3H3. The number of nitrogens with zero attached hydrogens (tertiary/aromatic N) is 1. The van der Waals surface area contributed by atoms with Gasteiger partial charge in [-0.3, -0.25) is 0 Å². The number of thioether (sulfide) groups is 1. The quantitative estimate of drug-likeness (QED) is 0.552. The molecule has 0 saturated carbocycles. The van der Waals surface area contributed by atoms with Gasteiger partial charge in [0, 0.05) is 0 Å². The Kier molecular flexibility index (Phi) is 3.36. The molecule has 0 aliphatic rings. The molecule has 0 aromatic carbocycles. The molecule has 0 saturated heterocycles. The monoisotopic (exact) mass is 201 g/mol. The van der Waals surface area contributed by atoms with Crippen molar-refractivity contribution >= 4 is 17.7 Å². The second-order valence-corrected chi connectivity index (χ2v) is 3.13. The van der Waals surface area contributed by atoms with Gasteiger partial charge in [-0.1, -0.05) is 16.9 Å². The van der Waals surface area contributed by atoms with Gasteiger partial charge in [-0.25, -0.2) is 4.79 Å². The van der Waals surface area contributed by atoms with Crippen LogP contribution in [0.4, 0.5) is 0 Å². The predicted molar refractivity (Wildman–Crippen MR) is 49.0 cm³/mol. The number of aromatic nitrogens is 1. The number of esters is 1. The molecule has 0 fully saturated rings. The van der Waals surface area contributed by atoms with Crippen LogP contribution in [-0.2, 0) is 4.74 Å². The molecule has 4 nitrogen and oxygen atoms in total. The third-order valence-corrected chi connectivity index (χ3v) is 2.15. The molecule has 5 heteroatoms. The molecule has 1 heterocycles. The first-order chi connectivity index (χ1) is 6.20. The van der Waals surface area contributed by atoms with Crippen LogP contribution in [0.5, 0.6) is 0 Å². The van der Waals surface area contributed by atoms with Gasteiger partial charge in [-0.2, -0.15) is 0 Å². The normalized spacial score (nSPS) is 10.1. The van der Waals surface area contributed by atoms with E-state index < -0.39 is 0 Å². The van der Waals surface area contributed by atoms with Gasteiger partial charge in [-0.15, -0.1) is 0 Å². The van der Waals surface area contributed by atoms with Gasteiger partial charge >= 0.3 is 5.97 Å². The summed E-state index contributed by atoms with van der Waals surface area (Å²) >= 11 is 1.34. The summed E-state index contributed by atoms with van der Waals surface area (Å²) in [4.78, 5) is 11.4. The zero-order valence-corrected chi connectivity index (χ0v) is 8.60. The summed E-state index contributed by atoms with van der Waals surface area (Å²) in [5.74, 6) is -0.370. The second kappa shape index (κ2) is 4.32. The van der Waals surface area contributed by atoms with Crippen molar-refractivity contribution in [1.82, 2.24) is 5.16 Å². The van der Waals surface area contributed by atoms with Crippen LogP contribution >= 0.6 is 11.8 Å². The number of rotatable bonds is 3. The molecule has 0 N–H and O–H groups in total. The average Bonchev–Trinajstić information content (AvgIpc) is 2.47. The fourth-order valence-electron chi connectivity index (χ4n) is 0.923. The maximum atomic E-state index is 11.4. The van der Waals surface area contributed by atoms with Crippen molar-refractivity contribution in [1.29, 1.82) is 0 Å². The fraction of sp³-hybridized carbons (Fsp3) is 0.500. The largest absolute Gasteiger partial charge is 0.462 e. The minimum Gasteiger partial charge on any atom is -0.462 e. The molecule has 72 valence electrons. The Labute approximate surface area is 80.6 Å². The number of carbonyl (C=O) groups is 1. The Bertz CT molecular complexity index is 308. The van der Waals surface area contributed by atoms with Crippen molar-refractivity contribution in [2.24, 2.45) is 0 Å². The smallest absolute Gasteiger partial charge is 0.344 e.